The molecule has 0 aromatic heterocycles. The number of alkyl halides is 1. The van der Waals surface area contributed by atoms with Crippen molar-refractivity contribution in [2.24, 2.45) is 0 Å². The molecule has 1 saturated heterocycles. The number of ether oxygens (including phenoxy) is 2. The van der Waals surface area contributed by atoms with Crippen LogP contribution in [0.5, 0.6) is 0 Å². The molecule has 0 spiro atoms. The maximum atomic E-state index is 12.6. The van der Waals surface area contributed by atoms with Gasteiger partial charge in [0.1, 0.15) is 5.50 Å². The predicted octanol–water partition coefficient (Wildman–Crippen LogP) is 2.28. The van der Waals surface area contributed by atoms with Gasteiger partial charge in [0.05, 0.1) is 14.2 Å². The third kappa shape index (κ3) is 4.44. The molecule has 1 aliphatic rings. The Labute approximate surface area is 166 Å². The summed E-state index contributed by atoms with van der Waals surface area (Å²) in [5.41, 5.74) is -0.187. The van der Waals surface area contributed by atoms with Crippen LogP contribution in [0.15, 0.2) is 29.2 Å². The van der Waals surface area contributed by atoms with Crippen molar-refractivity contribution in [3.05, 3.63) is 29.8 Å². The summed E-state index contributed by atoms with van der Waals surface area (Å²) >= 11 is 7.23. The minimum Gasteiger partial charge on any atom is -0.468 e. The summed E-state index contributed by atoms with van der Waals surface area (Å²) in [6, 6.07) is 7.15. The van der Waals surface area contributed by atoms with Crippen molar-refractivity contribution in [2.45, 2.75) is 41.3 Å². The van der Waals surface area contributed by atoms with Gasteiger partial charge < -0.3 is 9.47 Å². The van der Waals surface area contributed by atoms with Gasteiger partial charge in [0, 0.05) is 24.2 Å². The van der Waals surface area contributed by atoms with Gasteiger partial charge in [0.15, 0.2) is 0 Å². The number of thioether (sulfide) groups is 1. The normalized spacial score (nSPS) is 15.6. The number of benzene rings is 1. The first-order chi connectivity index (χ1) is 12.7. The number of esters is 2. The minimum absolute atomic E-state index is 0.0522. The number of likely N-dealkylation sites (tertiary alicyclic amines) is 1. The summed E-state index contributed by atoms with van der Waals surface area (Å²) in [6.45, 7) is 1.90. The van der Waals surface area contributed by atoms with E-state index in [9.17, 15) is 19.2 Å². The zero-order chi connectivity index (χ0) is 20.2. The van der Waals surface area contributed by atoms with Crippen molar-refractivity contribution in [3.8, 4) is 0 Å². The Morgan fingerprint density at radius 2 is 1.59 bits per heavy atom. The summed E-state index contributed by atoms with van der Waals surface area (Å²) in [6.07, 6.45) is -0.239. The standard InChI is InChI=1S/C18H20ClNO6S/c1-11-4-6-12(7-5-11)27-18(16(23)25-2,17(24)26-3)10-13(19)20-14(21)8-9-15(20)22/h4-7,13H,8-10H2,1-3H3. The zero-order valence-corrected chi connectivity index (χ0v) is 16.8. The van der Waals surface area contributed by atoms with Crippen LogP contribution in [0.1, 0.15) is 24.8 Å². The van der Waals surface area contributed by atoms with E-state index in [0.29, 0.717) is 4.90 Å². The fourth-order valence-corrected chi connectivity index (χ4v) is 4.54. The van der Waals surface area contributed by atoms with Crippen molar-refractivity contribution in [2.75, 3.05) is 14.2 Å². The molecule has 1 fully saturated rings. The van der Waals surface area contributed by atoms with Crippen LogP contribution in [0.3, 0.4) is 0 Å². The Kier molecular flexibility index (Phi) is 6.89. The molecule has 1 aliphatic heterocycles. The molecule has 1 aromatic rings. The molecule has 9 heteroatoms. The number of methoxy groups -OCH3 is 2. The average molecular weight is 414 g/mol. The Hall–Kier alpha value is -2.06. The molecule has 7 nitrogen and oxygen atoms in total. The van der Waals surface area contributed by atoms with Crippen molar-refractivity contribution in [1.29, 1.82) is 0 Å². The number of rotatable bonds is 7. The summed E-state index contributed by atoms with van der Waals surface area (Å²) in [4.78, 5) is 50.7. The average Bonchev–Trinajstić information content (AvgIpc) is 2.99. The topological polar surface area (TPSA) is 90.0 Å². The summed E-state index contributed by atoms with van der Waals surface area (Å²) in [5, 5.41) is 0. The van der Waals surface area contributed by atoms with Gasteiger partial charge in [0.2, 0.25) is 16.6 Å². The van der Waals surface area contributed by atoms with E-state index in [1.807, 2.05) is 19.1 Å². The fraction of sp³-hybridized carbons (Fsp3) is 0.444. The summed E-state index contributed by atoms with van der Waals surface area (Å²) < 4.78 is 7.82. The lowest BCUT2D eigenvalue weighted by Crippen LogP contribution is -2.50. The molecular formula is C18H20ClNO6S. The molecule has 1 aromatic carbocycles. The number of hydrogen-bond donors (Lipinski definition) is 0. The van der Waals surface area contributed by atoms with Gasteiger partial charge in [-0.2, -0.15) is 0 Å². The molecule has 1 atom stereocenters. The lowest BCUT2D eigenvalue weighted by Gasteiger charge is -2.31. The van der Waals surface area contributed by atoms with Gasteiger partial charge in [-0.3, -0.25) is 14.5 Å². The Balaban J connectivity index is 2.42. The second kappa shape index (κ2) is 8.75. The molecule has 27 heavy (non-hydrogen) atoms. The van der Waals surface area contributed by atoms with Gasteiger partial charge in [-0.1, -0.05) is 41.1 Å². The number of hydrogen-bond acceptors (Lipinski definition) is 7. The zero-order valence-electron chi connectivity index (χ0n) is 15.2. The van der Waals surface area contributed by atoms with Crippen molar-refractivity contribution >= 4 is 47.1 Å². The first-order valence-corrected chi connectivity index (χ1v) is 9.42. The lowest BCUT2D eigenvalue weighted by molar-refractivity contribution is -0.157. The quantitative estimate of drug-likeness (QED) is 0.169. The minimum atomic E-state index is -1.87. The molecular weight excluding hydrogens is 394 g/mol. The largest absolute Gasteiger partial charge is 0.468 e. The SMILES string of the molecule is COC(=O)C(CC(Cl)N1C(=O)CCC1=O)(Sc1ccc(C)cc1)C(=O)OC. The highest BCUT2D eigenvalue weighted by atomic mass is 35.5. The maximum Gasteiger partial charge on any atom is 0.334 e. The fourth-order valence-electron chi connectivity index (χ4n) is 2.75. The first-order valence-electron chi connectivity index (χ1n) is 8.16. The molecule has 1 unspecified atom stereocenters. The highest BCUT2D eigenvalue weighted by Crippen LogP contribution is 2.41. The highest BCUT2D eigenvalue weighted by Gasteiger charge is 2.53. The Bertz CT molecular complexity index is 719. The maximum absolute atomic E-state index is 12.6. The van der Waals surface area contributed by atoms with Crippen molar-refractivity contribution < 1.29 is 28.7 Å². The summed E-state index contributed by atoms with van der Waals surface area (Å²) in [7, 11) is 2.29. The van der Waals surface area contributed by atoms with Crippen LogP contribution in [0.4, 0.5) is 0 Å². The number of imide groups is 1. The summed E-state index contributed by atoms with van der Waals surface area (Å²) in [5.74, 6) is -2.62. The second-order valence-corrected chi connectivity index (χ2v) is 7.90. The van der Waals surface area contributed by atoms with Crippen LogP contribution in [-0.2, 0) is 28.7 Å². The van der Waals surface area contributed by atoms with E-state index >= 15 is 0 Å². The highest BCUT2D eigenvalue weighted by molar-refractivity contribution is 8.02. The van der Waals surface area contributed by atoms with Crippen LogP contribution in [0.25, 0.3) is 0 Å². The number of nitrogens with zero attached hydrogens (tertiary/aromatic N) is 1. The monoisotopic (exact) mass is 413 g/mol. The van der Waals surface area contributed by atoms with Gasteiger partial charge in [-0.25, -0.2) is 9.59 Å². The molecule has 2 amide bonds. The van der Waals surface area contributed by atoms with Crippen LogP contribution in [0.2, 0.25) is 0 Å². The van der Waals surface area contributed by atoms with Gasteiger partial charge in [-0.15, -0.1) is 0 Å². The van der Waals surface area contributed by atoms with E-state index in [2.05, 4.69) is 0 Å². The molecule has 2 rings (SSSR count). The smallest absolute Gasteiger partial charge is 0.334 e. The second-order valence-electron chi connectivity index (χ2n) is 6.02. The number of amides is 2. The number of carbonyl (C=O) groups is 4. The molecule has 0 radical (unpaired) electrons. The third-order valence-corrected chi connectivity index (χ3v) is 5.88. The lowest BCUT2D eigenvalue weighted by atomic mass is 10.0. The van der Waals surface area contributed by atoms with E-state index < -0.39 is 34.0 Å². The van der Waals surface area contributed by atoms with E-state index in [1.54, 1.807) is 12.1 Å². The Morgan fingerprint density at radius 3 is 2.04 bits per heavy atom. The third-order valence-electron chi connectivity index (χ3n) is 4.17. The first kappa shape index (κ1) is 21.2. The van der Waals surface area contributed by atoms with E-state index in [0.717, 1.165) is 36.4 Å². The van der Waals surface area contributed by atoms with Gasteiger partial charge in [0.25, 0.3) is 0 Å². The van der Waals surface area contributed by atoms with E-state index in [-0.39, 0.29) is 19.3 Å². The van der Waals surface area contributed by atoms with Crippen LogP contribution in [0, 0.1) is 6.92 Å². The molecule has 1 heterocycles. The van der Waals surface area contributed by atoms with Crippen LogP contribution in [-0.4, -0.2) is 53.1 Å². The molecule has 0 bridgehead atoms. The molecule has 146 valence electrons. The van der Waals surface area contributed by atoms with Gasteiger partial charge >= 0.3 is 11.9 Å². The van der Waals surface area contributed by atoms with Crippen molar-refractivity contribution in [3.63, 3.8) is 0 Å². The molecule has 0 aliphatic carbocycles. The number of halogens is 1. The number of carbonyl (C=O) groups excluding carboxylic acids is 4. The van der Waals surface area contributed by atoms with Gasteiger partial charge in [-0.05, 0) is 19.1 Å². The predicted molar refractivity (Wildman–Crippen MR) is 99.1 cm³/mol. The van der Waals surface area contributed by atoms with E-state index in [4.69, 9.17) is 21.1 Å². The molecule has 0 N–H and O–H groups in total. The van der Waals surface area contributed by atoms with E-state index in [1.165, 1.54) is 0 Å². The number of aryl methyl sites for hydroxylation is 1. The van der Waals surface area contributed by atoms with Crippen LogP contribution >= 0.6 is 23.4 Å². The van der Waals surface area contributed by atoms with Crippen molar-refractivity contribution in [1.82, 2.24) is 4.90 Å². The molecule has 0 saturated carbocycles. The Morgan fingerprint density at radius 1 is 1.11 bits per heavy atom. The van der Waals surface area contributed by atoms with Crippen LogP contribution < -0.4 is 0 Å².